The molecule has 1 heterocycles. The number of hydrogen-bond acceptors (Lipinski definition) is 3. The maximum Gasteiger partial charge on any atom is 0.235 e. The van der Waals surface area contributed by atoms with E-state index >= 15 is 0 Å². The molecule has 0 unspecified atom stereocenters. The molecule has 19 heavy (non-hydrogen) atoms. The molecule has 4 heteroatoms. The molecule has 0 saturated heterocycles. The molecule has 0 amide bonds. The molecular formula is C15H15N3O. The second kappa shape index (κ2) is 4.48. The Morgan fingerprint density at radius 1 is 1.37 bits per heavy atom. The molecule has 0 aliphatic heterocycles. The van der Waals surface area contributed by atoms with Gasteiger partial charge in [-0.15, -0.1) is 0 Å². The van der Waals surface area contributed by atoms with Crippen molar-refractivity contribution in [2.24, 2.45) is 4.99 Å². The van der Waals surface area contributed by atoms with Gasteiger partial charge < -0.3 is 0 Å². The van der Waals surface area contributed by atoms with Crippen LogP contribution in [0.15, 0.2) is 41.7 Å². The second-order valence-corrected chi connectivity index (χ2v) is 5.07. The number of benzene rings is 1. The summed E-state index contributed by atoms with van der Waals surface area (Å²) >= 11 is 0. The van der Waals surface area contributed by atoms with E-state index in [4.69, 9.17) is 0 Å². The summed E-state index contributed by atoms with van der Waals surface area (Å²) in [6.07, 6.45) is 8.45. The van der Waals surface area contributed by atoms with Crippen LogP contribution in [0.5, 0.6) is 0 Å². The van der Waals surface area contributed by atoms with E-state index in [1.807, 2.05) is 48.3 Å². The molecule has 0 N–H and O–H groups in total. The van der Waals surface area contributed by atoms with E-state index < -0.39 is 5.54 Å². The lowest BCUT2D eigenvalue weighted by molar-refractivity contribution is 0.255. The van der Waals surface area contributed by atoms with Crippen LogP contribution in [0, 0.1) is 6.92 Å². The van der Waals surface area contributed by atoms with Gasteiger partial charge in [-0.1, -0.05) is 18.2 Å². The van der Waals surface area contributed by atoms with Crippen LogP contribution in [-0.4, -0.2) is 15.9 Å². The van der Waals surface area contributed by atoms with Crippen LogP contribution in [0.2, 0.25) is 0 Å². The van der Waals surface area contributed by atoms with Crippen molar-refractivity contribution in [2.75, 3.05) is 0 Å². The zero-order valence-corrected chi connectivity index (χ0v) is 10.8. The third kappa shape index (κ3) is 1.90. The highest BCUT2D eigenvalue weighted by atomic mass is 16.1. The summed E-state index contributed by atoms with van der Waals surface area (Å²) in [5, 5.41) is 4.36. The van der Waals surface area contributed by atoms with Gasteiger partial charge in [0.25, 0.3) is 0 Å². The van der Waals surface area contributed by atoms with Crippen molar-refractivity contribution in [2.45, 2.75) is 31.7 Å². The summed E-state index contributed by atoms with van der Waals surface area (Å²) in [5.74, 6) is 0. The standard InChI is InChI=1S/C15H15N3O/c1-12-9-17-18(10-12)14-6-3-2-5-13(14)15(16-11-19)7-4-8-15/h2-3,5-6,9-10H,4,7-8H2,1H3. The van der Waals surface area contributed by atoms with Crippen molar-refractivity contribution in [1.82, 2.24) is 9.78 Å². The maximum absolute atomic E-state index is 10.7. The number of aryl methyl sites for hydroxylation is 1. The molecule has 1 aromatic heterocycles. The van der Waals surface area contributed by atoms with E-state index in [0.29, 0.717) is 0 Å². The van der Waals surface area contributed by atoms with Gasteiger partial charge in [-0.3, -0.25) is 0 Å². The Bertz CT molecular complexity index is 649. The Balaban J connectivity index is 2.14. The molecule has 2 aromatic rings. The van der Waals surface area contributed by atoms with Gasteiger partial charge in [0.1, 0.15) is 5.54 Å². The molecule has 3 rings (SSSR count). The molecule has 1 fully saturated rings. The third-order valence-electron chi connectivity index (χ3n) is 3.80. The molecule has 1 aliphatic carbocycles. The van der Waals surface area contributed by atoms with Gasteiger partial charge in [-0.2, -0.15) is 10.1 Å². The fourth-order valence-electron chi connectivity index (χ4n) is 2.65. The molecule has 96 valence electrons. The van der Waals surface area contributed by atoms with Crippen molar-refractivity contribution in [1.29, 1.82) is 0 Å². The molecule has 1 saturated carbocycles. The molecule has 0 bridgehead atoms. The summed E-state index contributed by atoms with van der Waals surface area (Å²) in [6.45, 7) is 2.01. The van der Waals surface area contributed by atoms with Crippen LogP contribution >= 0.6 is 0 Å². The van der Waals surface area contributed by atoms with Gasteiger partial charge in [0.15, 0.2) is 0 Å². The van der Waals surface area contributed by atoms with Crippen LogP contribution in [-0.2, 0) is 10.3 Å². The highest BCUT2D eigenvalue weighted by Crippen LogP contribution is 2.46. The van der Waals surface area contributed by atoms with Crippen LogP contribution in [0.25, 0.3) is 5.69 Å². The lowest BCUT2D eigenvalue weighted by atomic mass is 9.72. The van der Waals surface area contributed by atoms with Gasteiger partial charge in [0.2, 0.25) is 6.08 Å². The van der Waals surface area contributed by atoms with E-state index in [9.17, 15) is 4.79 Å². The van der Waals surface area contributed by atoms with Crippen molar-refractivity contribution in [3.05, 3.63) is 47.8 Å². The quantitative estimate of drug-likeness (QED) is 0.623. The SMILES string of the molecule is Cc1cnn(-c2ccccc2C2(N=C=O)CCC2)c1. The minimum atomic E-state index is -0.391. The fourth-order valence-corrected chi connectivity index (χ4v) is 2.65. The number of aromatic nitrogens is 2. The first-order valence-electron chi connectivity index (χ1n) is 6.45. The van der Waals surface area contributed by atoms with Gasteiger partial charge in [-0.05, 0) is 37.8 Å². The first-order chi connectivity index (χ1) is 9.25. The normalized spacial score (nSPS) is 16.5. The van der Waals surface area contributed by atoms with Gasteiger partial charge in [-0.25, -0.2) is 9.48 Å². The minimum absolute atomic E-state index is 0.391. The fraction of sp³-hybridized carbons (Fsp3) is 0.333. The summed E-state index contributed by atoms with van der Waals surface area (Å²) in [6, 6.07) is 8.01. The number of aliphatic imine (C=N–C) groups is 1. The number of rotatable bonds is 3. The molecular weight excluding hydrogens is 238 g/mol. The summed E-state index contributed by atoms with van der Waals surface area (Å²) in [4.78, 5) is 14.8. The van der Waals surface area contributed by atoms with Crippen LogP contribution in [0.3, 0.4) is 0 Å². The Hall–Kier alpha value is -2.19. The van der Waals surface area contributed by atoms with E-state index in [-0.39, 0.29) is 0 Å². The van der Waals surface area contributed by atoms with Crippen LogP contribution in [0.4, 0.5) is 0 Å². The Labute approximate surface area is 111 Å². The average molecular weight is 253 g/mol. The first kappa shape index (κ1) is 11.9. The largest absolute Gasteiger partial charge is 0.240 e. The minimum Gasteiger partial charge on any atom is -0.240 e. The molecule has 4 nitrogen and oxygen atoms in total. The highest BCUT2D eigenvalue weighted by molar-refractivity contribution is 5.49. The molecule has 1 aromatic carbocycles. The average Bonchev–Trinajstić information content (AvgIpc) is 2.81. The monoisotopic (exact) mass is 253 g/mol. The van der Waals surface area contributed by atoms with Gasteiger partial charge >= 0.3 is 0 Å². The molecule has 1 aliphatic rings. The zero-order chi connectivity index (χ0) is 13.3. The number of hydrogen-bond donors (Lipinski definition) is 0. The number of nitrogens with zero attached hydrogens (tertiary/aromatic N) is 3. The molecule has 0 atom stereocenters. The summed E-state index contributed by atoms with van der Waals surface area (Å²) < 4.78 is 1.85. The topological polar surface area (TPSA) is 47.2 Å². The van der Waals surface area contributed by atoms with Gasteiger partial charge in [0, 0.05) is 11.8 Å². The lowest BCUT2D eigenvalue weighted by Crippen LogP contribution is -2.33. The zero-order valence-electron chi connectivity index (χ0n) is 10.8. The van der Waals surface area contributed by atoms with E-state index in [1.54, 1.807) is 6.08 Å². The number of para-hydroxylation sites is 1. The summed E-state index contributed by atoms with van der Waals surface area (Å²) in [7, 11) is 0. The number of isocyanates is 1. The van der Waals surface area contributed by atoms with E-state index in [1.165, 1.54) is 0 Å². The number of carbonyl (C=O) groups excluding carboxylic acids is 1. The first-order valence-corrected chi connectivity index (χ1v) is 6.45. The third-order valence-corrected chi connectivity index (χ3v) is 3.80. The van der Waals surface area contributed by atoms with Gasteiger partial charge in [0.05, 0.1) is 11.9 Å². The van der Waals surface area contributed by atoms with Crippen molar-refractivity contribution in [3.63, 3.8) is 0 Å². The lowest BCUT2D eigenvalue weighted by Gasteiger charge is -2.38. The Kier molecular flexibility index (Phi) is 2.80. The highest BCUT2D eigenvalue weighted by Gasteiger charge is 2.40. The van der Waals surface area contributed by atoms with Crippen LogP contribution < -0.4 is 0 Å². The Morgan fingerprint density at radius 2 is 2.16 bits per heavy atom. The molecule has 0 spiro atoms. The Morgan fingerprint density at radius 3 is 2.74 bits per heavy atom. The second-order valence-electron chi connectivity index (χ2n) is 5.07. The van der Waals surface area contributed by atoms with Crippen molar-refractivity contribution < 1.29 is 4.79 Å². The predicted octanol–water partition coefficient (Wildman–Crippen LogP) is 2.90. The van der Waals surface area contributed by atoms with Crippen LogP contribution in [0.1, 0.15) is 30.4 Å². The maximum atomic E-state index is 10.7. The van der Waals surface area contributed by atoms with E-state index in [0.717, 1.165) is 36.1 Å². The predicted molar refractivity (Wildman–Crippen MR) is 72.0 cm³/mol. The molecule has 0 radical (unpaired) electrons. The smallest absolute Gasteiger partial charge is 0.235 e. The van der Waals surface area contributed by atoms with E-state index in [2.05, 4.69) is 10.1 Å². The summed E-state index contributed by atoms with van der Waals surface area (Å²) in [5.41, 5.74) is 2.77. The van der Waals surface area contributed by atoms with Crippen molar-refractivity contribution in [3.8, 4) is 5.69 Å². The van der Waals surface area contributed by atoms with Crippen molar-refractivity contribution >= 4 is 6.08 Å².